The summed E-state index contributed by atoms with van der Waals surface area (Å²) in [6, 6.07) is 11.5. The topological polar surface area (TPSA) is 94.2 Å². The number of carbonyl (C=O) groups excluding carboxylic acids is 1. The zero-order valence-corrected chi connectivity index (χ0v) is 18.5. The Hall–Kier alpha value is -2.78. The van der Waals surface area contributed by atoms with E-state index in [1.807, 2.05) is 6.92 Å². The highest BCUT2D eigenvalue weighted by atomic mass is 32.2. The first-order valence-corrected chi connectivity index (χ1v) is 11.0. The van der Waals surface area contributed by atoms with Crippen LogP contribution in [0.15, 0.2) is 47.4 Å². The summed E-state index contributed by atoms with van der Waals surface area (Å²) in [7, 11) is -0.722. The number of methoxy groups -OCH3 is 2. The van der Waals surface area contributed by atoms with Crippen LogP contribution in [0, 0.1) is 0 Å². The maximum absolute atomic E-state index is 12.9. The van der Waals surface area contributed by atoms with Crippen molar-refractivity contribution in [1.29, 1.82) is 0 Å². The first-order valence-electron chi connectivity index (χ1n) is 9.56. The van der Waals surface area contributed by atoms with Crippen LogP contribution in [0.3, 0.4) is 0 Å². The van der Waals surface area contributed by atoms with Crippen molar-refractivity contribution in [2.75, 3.05) is 33.9 Å². The highest BCUT2D eigenvalue weighted by Gasteiger charge is 2.25. The van der Waals surface area contributed by atoms with E-state index in [0.29, 0.717) is 23.9 Å². The van der Waals surface area contributed by atoms with Gasteiger partial charge in [0, 0.05) is 13.1 Å². The van der Waals surface area contributed by atoms with Crippen molar-refractivity contribution in [2.45, 2.75) is 25.3 Å². The predicted octanol–water partition coefficient (Wildman–Crippen LogP) is 2.43. The van der Waals surface area contributed by atoms with E-state index >= 15 is 0 Å². The second-order valence-corrected chi connectivity index (χ2v) is 8.24. The second-order valence-electron chi connectivity index (χ2n) is 6.30. The van der Waals surface area contributed by atoms with Crippen LogP contribution in [-0.4, -0.2) is 52.5 Å². The number of benzene rings is 2. The van der Waals surface area contributed by atoms with E-state index in [0.717, 1.165) is 9.87 Å². The van der Waals surface area contributed by atoms with Gasteiger partial charge in [0.2, 0.25) is 15.9 Å². The summed E-state index contributed by atoms with van der Waals surface area (Å²) < 4.78 is 42.7. The molecule has 0 aliphatic carbocycles. The van der Waals surface area contributed by atoms with Gasteiger partial charge in [-0.2, -0.15) is 4.31 Å². The maximum Gasteiger partial charge on any atom is 0.243 e. The lowest BCUT2D eigenvalue weighted by Gasteiger charge is -2.20. The third-order valence-corrected chi connectivity index (χ3v) is 6.32. The summed E-state index contributed by atoms with van der Waals surface area (Å²) in [4.78, 5) is 12.5. The van der Waals surface area contributed by atoms with E-state index < -0.39 is 15.9 Å². The molecule has 0 aliphatic rings. The Balaban J connectivity index is 2.03. The summed E-state index contributed by atoms with van der Waals surface area (Å²) in [5, 5.41) is 2.74. The average molecular weight is 437 g/mol. The summed E-state index contributed by atoms with van der Waals surface area (Å²) in [5.74, 6) is 1.33. The molecule has 2 aromatic rings. The number of hydrogen-bond donors (Lipinski definition) is 1. The van der Waals surface area contributed by atoms with Gasteiger partial charge in [0.1, 0.15) is 5.75 Å². The van der Waals surface area contributed by atoms with Crippen molar-refractivity contribution in [3.05, 3.63) is 48.0 Å². The van der Waals surface area contributed by atoms with E-state index in [9.17, 15) is 13.2 Å². The third kappa shape index (κ3) is 5.87. The summed E-state index contributed by atoms with van der Waals surface area (Å²) >= 11 is 0. The van der Waals surface area contributed by atoms with Gasteiger partial charge >= 0.3 is 0 Å². The van der Waals surface area contributed by atoms with Gasteiger partial charge in [-0.1, -0.05) is 13.0 Å². The van der Waals surface area contributed by atoms with E-state index in [1.165, 1.54) is 19.2 Å². The van der Waals surface area contributed by atoms with E-state index in [4.69, 9.17) is 14.2 Å². The fourth-order valence-corrected chi connectivity index (χ4v) is 4.20. The Morgan fingerprint density at radius 3 is 2.23 bits per heavy atom. The molecule has 0 saturated carbocycles. The molecule has 0 aliphatic heterocycles. The molecule has 0 heterocycles. The lowest BCUT2D eigenvalue weighted by atomic mass is 10.2. The van der Waals surface area contributed by atoms with Gasteiger partial charge in [-0.15, -0.1) is 0 Å². The summed E-state index contributed by atoms with van der Waals surface area (Å²) in [5.41, 5.74) is 0.804. The van der Waals surface area contributed by atoms with Gasteiger partial charge in [0.15, 0.2) is 11.5 Å². The molecule has 1 amide bonds. The number of sulfonamides is 1. The number of rotatable bonds is 11. The SMILES string of the molecule is CCOc1ccc(S(=O)(=O)N(CC)CC(=O)NCc2ccc(OC)c(OC)c2)cc1. The Kier molecular flexibility index (Phi) is 8.49. The van der Waals surface area contributed by atoms with Crippen LogP contribution in [-0.2, 0) is 21.4 Å². The number of nitrogens with one attached hydrogen (secondary N) is 1. The third-order valence-electron chi connectivity index (χ3n) is 4.38. The van der Waals surface area contributed by atoms with Crippen molar-refractivity contribution in [3.8, 4) is 17.2 Å². The molecule has 0 atom stereocenters. The average Bonchev–Trinajstić information content (AvgIpc) is 2.76. The van der Waals surface area contributed by atoms with Crippen LogP contribution in [0.1, 0.15) is 19.4 Å². The van der Waals surface area contributed by atoms with Crippen LogP contribution in [0.25, 0.3) is 0 Å². The highest BCUT2D eigenvalue weighted by Crippen LogP contribution is 2.27. The van der Waals surface area contributed by atoms with Crippen molar-refractivity contribution in [3.63, 3.8) is 0 Å². The van der Waals surface area contributed by atoms with Gasteiger partial charge in [-0.25, -0.2) is 8.42 Å². The van der Waals surface area contributed by atoms with E-state index in [1.54, 1.807) is 44.4 Å². The number of ether oxygens (including phenoxy) is 3. The number of nitrogens with zero attached hydrogens (tertiary/aromatic N) is 1. The quantitative estimate of drug-likeness (QED) is 0.581. The minimum atomic E-state index is -3.80. The molecule has 0 spiro atoms. The first-order chi connectivity index (χ1) is 14.3. The lowest BCUT2D eigenvalue weighted by Crippen LogP contribution is -2.40. The molecule has 9 heteroatoms. The number of hydrogen-bond acceptors (Lipinski definition) is 6. The zero-order valence-electron chi connectivity index (χ0n) is 17.7. The normalized spacial score (nSPS) is 11.2. The fourth-order valence-electron chi connectivity index (χ4n) is 2.80. The van der Waals surface area contributed by atoms with Crippen LogP contribution in [0.5, 0.6) is 17.2 Å². The summed E-state index contributed by atoms with van der Waals surface area (Å²) in [6.45, 7) is 4.16. The Morgan fingerprint density at radius 1 is 1.00 bits per heavy atom. The molecule has 30 heavy (non-hydrogen) atoms. The van der Waals surface area contributed by atoms with Gasteiger partial charge in [0.05, 0.1) is 32.3 Å². The van der Waals surface area contributed by atoms with Crippen LogP contribution in [0.2, 0.25) is 0 Å². The van der Waals surface area contributed by atoms with Crippen molar-refractivity contribution >= 4 is 15.9 Å². The van der Waals surface area contributed by atoms with Gasteiger partial charge in [-0.05, 0) is 48.9 Å². The molecular formula is C21H28N2O6S. The highest BCUT2D eigenvalue weighted by molar-refractivity contribution is 7.89. The molecule has 0 radical (unpaired) electrons. The molecule has 0 aromatic heterocycles. The van der Waals surface area contributed by atoms with Gasteiger partial charge < -0.3 is 19.5 Å². The molecule has 1 N–H and O–H groups in total. The minimum Gasteiger partial charge on any atom is -0.494 e. The van der Waals surface area contributed by atoms with Crippen LogP contribution in [0.4, 0.5) is 0 Å². The molecule has 164 valence electrons. The van der Waals surface area contributed by atoms with Gasteiger partial charge in [0.25, 0.3) is 0 Å². The van der Waals surface area contributed by atoms with Crippen LogP contribution >= 0.6 is 0 Å². The predicted molar refractivity (Wildman–Crippen MR) is 113 cm³/mol. The minimum absolute atomic E-state index is 0.112. The summed E-state index contributed by atoms with van der Waals surface area (Å²) in [6.07, 6.45) is 0. The van der Waals surface area contributed by atoms with E-state index in [2.05, 4.69) is 5.32 Å². The molecule has 0 fully saturated rings. The van der Waals surface area contributed by atoms with Crippen LogP contribution < -0.4 is 19.5 Å². The smallest absolute Gasteiger partial charge is 0.243 e. The van der Waals surface area contributed by atoms with Crippen molar-refractivity contribution < 1.29 is 27.4 Å². The molecule has 8 nitrogen and oxygen atoms in total. The maximum atomic E-state index is 12.9. The van der Waals surface area contributed by atoms with Crippen molar-refractivity contribution in [1.82, 2.24) is 9.62 Å². The molecular weight excluding hydrogens is 408 g/mol. The largest absolute Gasteiger partial charge is 0.494 e. The molecule has 2 aromatic carbocycles. The molecule has 0 saturated heterocycles. The number of carbonyl (C=O) groups is 1. The Bertz CT molecular complexity index is 944. The second kappa shape index (κ2) is 10.8. The molecule has 0 unspecified atom stereocenters. The molecule has 2 rings (SSSR count). The fraction of sp³-hybridized carbons (Fsp3) is 0.381. The lowest BCUT2D eigenvalue weighted by molar-refractivity contribution is -0.121. The van der Waals surface area contributed by atoms with Crippen molar-refractivity contribution in [2.24, 2.45) is 0 Å². The Labute approximate surface area is 177 Å². The zero-order chi connectivity index (χ0) is 22.1. The standard InChI is InChI=1S/C21H28N2O6S/c1-5-23(30(25,26)18-10-8-17(9-11-18)29-6-2)15-21(24)22-14-16-7-12-19(27-3)20(13-16)28-4/h7-13H,5-6,14-15H2,1-4H3,(H,22,24). The van der Waals surface area contributed by atoms with Gasteiger partial charge in [-0.3, -0.25) is 4.79 Å². The Morgan fingerprint density at radius 2 is 1.67 bits per heavy atom. The van der Waals surface area contributed by atoms with E-state index in [-0.39, 0.29) is 24.5 Å². The number of likely N-dealkylation sites (N-methyl/N-ethyl adjacent to an activating group) is 1. The molecule has 0 bridgehead atoms. The number of amides is 1. The monoisotopic (exact) mass is 436 g/mol. The first kappa shape index (κ1) is 23.5.